The van der Waals surface area contributed by atoms with Crippen LogP contribution in [0.1, 0.15) is 43.2 Å². The molecule has 0 spiro atoms. The third-order valence-electron chi connectivity index (χ3n) is 6.22. The first kappa shape index (κ1) is 23.3. The molecule has 3 nitrogen and oxygen atoms in total. The fourth-order valence-electron chi connectivity index (χ4n) is 4.30. The summed E-state index contributed by atoms with van der Waals surface area (Å²) in [5, 5.41) is 7.23. The Morgan fingerprint density at radius 3 is 2.15 bits per heavy atom. The molecule has 4 rings (SSSR count). The first-order chi connectivity index (χ1) is 16.2. The van der Waals surface area contributed by atoms with Crippen LogP contribution >= 0.6 is 11.6 Å². The Kier molecular flexibility index (Phi) is 8.35. The second-order valence-electron chi connectivity index (χ2n) is 8.78. The Morgan fingerprint density at radius 1 is 0.848 bits per heavy atom. The van der Waals surface area contributed by atoms with E-state index in [-0.39, 0.29) is 5.91 Å². The van der Waals surface area contributed by atoms with Crippen molar-refractivity contribution in [2.45, 2.75) is 38.6 Å². The van der Waals surface area contributed by atoms with Gasteiger partial charge in [-0.05, 0) is 77.9 Å². The summed E-state index contributed by atoms with van der Waals surface area (Å²) in [7, 11) is 0. The zero-order chi connectivity index (χ0) is 22.9. The van der Waals surface area contributed by atoms with Crippen LogP contribution in [0.2, 0.25) is 5.02 Å². The smallest absolute Gasteiger partial charge is 0.248 e. The molecular formula is C29H31ClN2O. The van der Waals surface area contributed by atoms with Crippen molar-refractivity contribution in [3.05, 3.63) is 95.0 Å². The minimum Gasteiger partial charge on any atom is -0.323 e. The Bertz CT molecular complexity index is 1050. The molecule has 2 N–H and O–H groups in total. The highest BCUT2D eigenvalue weighted by molar-refractivity contribution is 6.30. The third kappa shape index (κ3) is 7.31. The maximum Gasteiger partial charge on any atom is 0.248 e. The minimum absolute atomic E-state index is 0.146. The minimum atomic E-state index is -0.146. The van der Waals surface area contributed by atoms with Gasteiger partial charge in [0, 0.05) is 23.3 Å². The van der Waals surface area contributed by atoms with Crippen molar-refractivity contribution in [2.24, 2.45) is 5.92 Å². The van der Waals surface area contributed by atoms with E-state index in [2.05, 4.69) is 34.9 Å². The van der Waals surface area contributed by atoms with E-state index in [4.69, 9.17) is 11.6 Å². The largest absolute Gasteiger partial charge is 0.323 e. The second kappa shape index (κ2) is 11.8. The molecule has 1 fully saturated rings. The van der Waals surface area contributed by atoms with Gasteiger partial charge in [0.25, 0.3) is 0 Å². The van der Waals surface area contributed by atoms with Crippen LogP contribution in [0.25, 0.3) is 17.2 Å². The predicted octanol–water partition coefficient (Wildman–Crippen LogP) is 7.33. The van der Waals surface area contributed by atoms with Gasteiger partial charge in [-0.2, -0.15) is 0 Å². The molecule has 1 amide bonds. The number of rotatable bonds is 8. The molecule has 33 heavy (non-hydrogen) atoms. The molecule has 0 saturated heterocycles. The molecule has 0 aliphatic heterocycles. The van der Waals surface area contributed by atoms with E-state index < -0.39 is 0 Å². The number of nitrogens with one attached hydrogen (secondary N) is 2. The highest BCUT2D eigenvalue weighted by atomic mass is 35.5. The first-order valence-corrected chi connectivity index (χ1v) is 12.2. The predicted molar refractivity (Wildman–Crippen MR) is 139 cm³/mol. The van der Waals surface area contributed by atoms with Gasteiger partial charge in [0.1, 0.15) is 0 Å². The van der Waals surface area contributed by atoms with Crippen molar-refractivity contribution in [1.82, 2.24) is 5.32 Å². The average molecular weight is 459 g/mol. The Balaban J connectivity index is 1.23. The molecule has 0 unspecified atom stereocenters. The molecule has 0 heterocycles. The van der Waals surface area contributed by atoms with Crippen molar-refractivity contribution in [3.8, 4) is 11.1 Å². The molecule has 3 aromatic carbocycles. The monoisotopic (exact) mass is 458 g/mol. The van der Waals surface area contributed by atoms with E-state index in [1.807, 2.05) is 54.6 Å². The average Bonchev–Trinajstić information content (AvgIpc) is 2.85. The number of hydrogen-bond donors (Lipinski definition) is 2. The second-order valence-corrected chi connectivity index (χ2v) is 9.22. The first-order valence-electron chi connectivity index (χ1n) is 11.8. The van der Waals surface area contributed by atoms with E-state index >= 15 is 0 Å². The van der Waals surface area contributed by atoms with E-state index in [0.717, 1.165) is 46.4 Å². The Labute approximate surface area is 201 Å². The quantitative estimate of drug-likeness (QED) is 0.347. The van der Waals surface area contributed by atoms with Gasteiger partial charge >= 0.3 is 0 Å². The summed E-state index contributed by atoms with van der Waals surface area (Å²) in [6.45, 7) is 2.01. The summed E-state index contributed by atoms with van der Waals surface area (Å²) in [5.41, 5.74) is 5.22. The number of carbonyl (C=O) groups excluding carboxylic acids is 1. The van der Waals surface area contributed by atoms with E-state index in [9.17, 15) is 4.79 Å². The summed E-state index contributed by atoms with van der Waals surface area (Å²) >= 11 is 5.95. The fourth-order valence-corrected chi connectivity index (χ4v) is 4.43. The third-order valence-corrected chi connectivity index (χ3v) is 6.48. The molecule has 4 heteroatoms. The summed E-state index contributed by atoms with van der Waals surface area (Å²) in [6.07, 6.45) is 10.3. The highest BCUT2D eigenvalue weighted by Crippen LogP contribution is 2.24. The van der Waals surface area contributed by atoms with Crippen LogP contribution in [0.3, 0.4) is 0 Å². The number of halogens is 1. The molecule has 170 valence electrons. The molecule has 0 radical (unpaired) electrons. The number of anilines is 1. The summed E-state index contributed by atoms with van der Waals surface area (Å²) in [6, 6.07) is 23.9. The van der Waals surface area contributed by atoms with Gasteiger partial charge in [0.05, 0.1) is 0 Å². The normalized spacial score (nSPS) is 14.5. The lowest BCUT2D eigenvalue weighted by Crippen LogP contribution is -2.24. The maximum atomic E-state index is 12.3. The number of benzene rings is 3. The van der Waals surface area contributed by atoms with Crippen molar-refractivity contribution < 1.29 is 4.79 Å². The van der Waals surface area contributed by atoms with Crippen molar-refractivity contribution in [2.75, 3.05) is 11.9 Å². The topological polar surface area (TPSA) is 41.1 Å². The van der Waals surface area contributed by atoms with Crippen LogP contribution in [0, 0.1) is 5.92 Å². The van der Waals surface area contributed by atoms with Crippen LogP contribution in [-0.4, -0.2) is 12.5 Å². The SMILES string of the molecule is O=C(C=Cc1ccc(CNCC2CCCCC2)cc1)Nc1ccc(-c2ccc(Cl)cc2)cc1. The van der Waals surface area contributed by atoms with Gasteiger partial charge in [-0.15, -0.1) is 0 Å². The standard InChI is InChI=1S/C29H31ClN2O/c30-27-15-11-25(12-16-27)26-13-17-28(18-14-26)32-29(33)19-10-22-6-8-24(9-7-22)21-31-20-23-4-2-1-3-5-23/h6-19,23,31H,1-5,20-21H2,(H,32,33). The highest BCUT2D eigenvalue weighted by Gasteiger charge is 2.12. The van der Waals surface area contributed by atoms with Gasteiger partial charge in [-0.1, -0.05) is 79.4 Å². The summed E-state index contributed by atoms with van der Waals surface area (Å²) < 4.78 is 0. The Hall–Kier alpha value is -2.88. The van der Waals surface area contributed by atoms with Gasteiger partial charge in [0.2, 0.25) is 5.91 Å². The Morgan fingerprint density at radius 2 is 1.48 bits per heavy atom. The number of amides is 1. The van der Waals surface area contributed by atoms with E-state index in [1.54, 1.807) is 6.08 Å². The molecule has 1 aliphatic rings. The van der Waals surface area contributed by atoms with Gasteiger partial charge in [-0.25, -0.2) is 0 Å². The van der Waals surface area contributed by atoms with Crippen LogP contribution in [0.4, 0.5) is 5.69 Å². The lowest BCUT2D eigenvalue weighted by atomic mass is 9.89. The summed E-state index contributed by atoms with van der Waals surface area (Å²) in [5.74, 6) is 0.695. The lowest BCUT2D eigenvalue weighted by molar-refractivity contribution is -0.111. The molecule has 0 bridgehead atoms. The van der Waals surface area contributed by atoms with E-state index in [0.29, 0.717) is 0 Å². The van der Waals surface area contributed by atoms with Crippen molar-refractivity contribution >= 4 is 29.3 Å². The molecule has 1 saturated carbocycles. The van der Waals surface area contributed by atoms with Crippen LogP contribution in [0.15, 0.2) is 78.9 Å². The van der Waals surface area contributed by atoms with Crippen molar-refractivity contribution in [3.63, 3.8) is 0 Å². The van der Waals surface area contributed by atoms with Crippen LogP contribution in [-0.2, 0) is 11.3 Å². The van der Waals surface area contributed by atoms with Crippen LogP contribution < -0.4 is 10.6 Å². The maximum absolute atomic E-state index is 12.3. The van der Waals surface area contributed by atoms with Gasteiger partial charge < -0.3 is 10.6 Å². The molecule has 1 aliphatic carbocycles. The van der Waals surface area contributed by atoms with Gasteiger partial charge in [0.15, 0.2) is 0 Å². The lowest BCUT2D eigenvalue weighted by Gasteiger charge is -2.21. The number of carbonyl (C=O) groups is 1. The summed E-state index contributed by atoms with van der Waals surface area (Å²) in [4.78, 5) is 12.3. The van der Waals surface area contributed by atoms with Crippen LogP contribution in [0.5, 0.6) is 0 Å². The van der Waals surface area contributed by atoms with E-state index in [1.165, 1.54) is 37.7 Å². The molecule has 0 aromatic heterocycles. The molecule has 0 atom stereocenters. The zero-order valence-corrected chi connectivity index (χ0v) is 19.7. The molecular weight excluding hydrogens is 428 g/mol. The van der Waals surface area contributed by atoms with Crippen molar-refractivity contribution in [1.29, 1.82) is 0 Å². The molecule has 3 aromatic rings. The van der Waals surface area contributed by atoms with Gasteiger partial charge in [-0.3, -0.25) is 4.79 Å². The number of hydrogen-bond acceptors (Lipinski definition) is 2. The zero-order valence-electron chi connectivity index (χ0n) is 18.9. The fraction of sp³-hybridized carbons (Fsp3) is 0.276.